The van der Waals surface area contributed by atoms with Gasteiger partial charge in [-0.3, -0.25) is 9.59 Å². The van der Waals surface area contributed by atoms with Crippen LogP contribution in [0.1, 0.15) is 43.4 Å². The number of amides is 1. The summed E-state index contributed by atoms with van der Waals surface area (Å²) in [4.78, 5) is 23.9. The topological polar surface area (TPSA) is 106 Å². The van der Waals surface area contributed by atoms with E-state index in [-0.39, 0.29) is 24.5 Å². The fourth-order valence-corrected chi connectivity index (χ4v) is 4.89. The molecule has 8 nitrogen and oxygen atoms in total. The number of rotatable bonds is 9. The molecule has 0 aliphatic carbocycles. The first-order chi connectivity index (χ1) is 14.9. The van der Waals surface area contributed by atoms with Crippen molar-refractivity contribution in [3.63, 3.8) is 0 Å². The highest BCUT2D eigenvalue weighted by Gasteiger charge is 2.24. The van der Waals surface area contributed by atoms with E-state index in [2.05, 4.69) is 5.32 Å². The molecule has 0 spiro atoms. The molecule has 1 N–H and O–H groups in total. The summed E-state index contributed by atoms with van der Waals surface area (Å²) in [5.41, 5.74) is 0.828. The molecule has 1 amide bonds. The molecule has 1 aromatic heterocycles. The molecule has 0 atom stereocenters. The van der Waals surface area contributed by atoms with Gasteiger partial charge in [0.05, 0.1) is 17.7 Å². The van der Waals surface area contributed by atoms with Crippen LogP contribution in [0.5, 0.6) is 0 Å². The highest BCUT2D eigenvalue weighted by Crippen LogP contribution is 2.21. The Morgan fingerprint density at radius 2 is 1.74 bits per heavy atom. The molecule has 2 aromatic rings. The lowest BCUT2D eigenvalue weighted by atomic mass is 10.1. The van der Waals surface area contributed by atoms with Crippen LogP contribution in [-0.4, -0.2) is 44.3 Å². The summed E-state index contributed by atoms with van der Waals surface area (Å²) in [6.07, 6.45) is 5.92. The van der Waals surface area contributed by atoms with Crippen molar-refractivity contribution >= 4 is 21.9 Å². The molecule has 0 unspecified atom stereocenters. The van der Waals surface area contributed by atoms with Crippen molar-refractivity contribution in [3.8, 4) is 0 Å². The van der Waals surface area contributed by atoms with E-state index in [1.165, 1.54) is 6.26 Å². The summed E-state index contributed by atoms with van der Waals surface area (Å²) in [6, 6.07) is 10.1. The van der Waals surface area contributed by atoms with E-state index in [9.17, 15) is 18.0 Å². The third-order valence-electron chi connectivity index (χ3n) is 5.15. The van der Waals surface area contributed by atoms with Gasteiger partial charge in [0.2, 0.25) is 10.0 Å². The van der Waals surface area contributed by atoms with Gasteiger partial charge in [0.25, 0.3) is 5.91 Å². The normalized spacial score (nSPS) is 15.2. The smallest absolute Gasteiger partial charge is 0.306 e. The summed E-state index contributed by atoms with van der Waals surface area (Å²) >= 11 is 0. The molecule has 1 aliphatic heterocycles. The van der Waals surface area contributed by atoms with Gasteiger partial charge < -0.3 is 14.5 Å². The summed E-state index contributed by atoms with van der Waals surface area (Å²) in [5.74, 6) is -0.289. The quantitative estimate of drug-likeness (QED) is 0.591. The maximum absolute atomic E-state index is 12.8. The number of sulfonamides is 1. The minimum atomic E-state index is -3.48. The number of aryl methyl sites for hydroxylation is 1. The average molecular weight is 449 g/mol. The molecule has 0 radical (unpaired) electrons. The van der Waals surface area contributed by atoms with E-state index in [0.29, 0.717) is 25.3 Å². The monoisotopic (exact) mass is 448 g/mol. The van der Waals surface area contributed by atoms with Crippen LogP contribution in [0.4, 0.5) is 0 Å². The van der Waals surface area contributed by atoms with Gasteiger partial charge in [-0.05, 0) is 49.1 Å². The Labute approximate surface area is 182 Å². The van der Waals surface area contributed by atoms with Gasteiger partial charge >= 0.3 is 5.97 Å². The second kappa shape index (κ2) is 11.1. The molecule has 168 valence electrons. The van der Waals surface area contributed by atoms with Crippen LogP contribution < -0.4 is 5.32 Å². The van der Waals surface area contributed by atoms with Crippen LogP contribution in [0.25, 0.3) is 0 Å². The van der Waals surface area contributed by atoms with Crippen LogP contribution in [0.2, 0.25) is 0 Å². The zero-order valence-corrected chi connectivity index (χ0v) is 18.2. The highest BCUT2D eigenvalue weighted by molar-refractivity contribution is 7.89. The number of esters is 1. The van der Waals surface area contributed by atoms with E-state index in [1.807, 2.05) is 0 Å². The van der Waals surface area contributed by atoms with Crippen LogP contribution in [0.15, 0.2) is 52.0 Å². The number of ether oxygens (including phenoxy) is 1. The summed E-state index contributed by atoms with van der Waals surface area (Å²) in [5, 5.41) is 2.59. The number of hydrogen-bond acceptors (Lipinski definition) is 6. The summed E-state index contributed by atoms with van der Waals surface area (Å²) < 4.78 is 37.2. The molecule has 1 saturated heterocycles. The van der Waals surface area contributed by atoms with Crippen LogP contribution in [0.3, 0.4) is 0 Å². The average Bonchev–Trinajstić information content (AvgIpc) is 3.14. The second-order valence-corrected chi connectivity index (χ2v) is 9.42. The first-order valence-electron chi connectivity index (χ1n) is 10.5. The maximum atomic E-state index is 12.8. The van der Waals surface area contributed by atoms with Crippen molar-refractivity contribution < 1.29 is 27.2 Å². The standard InChI is InChI=1S/C22H28N2O6S/c25-21(23-16-19-6-5-15-29-19)17-30-22(26)12-9-18-7-10-20(11-8-18)31(27,28)24-13-3-1-2-4-14-24/h5-8,10-11,15H,1-4,9,12-14,16-17H2,(H,23,25). The first kappa shape index (κ1) is 23.0. The molecule has 9 heteroatoms. The van der Waals surface area contributed by atoms with Crippen LogP contribution in [0, 0.1) is 0 Å². The predicted octanol–water partition coefficient (Wildman–Crippen LogP) is 2.64. The minimum absolute atomic E-state index is 0.101. The molecule has 1 aromatic carbocycles. The van der Waals surface area contributed by atoms with Crippen molar-refractivity contribution in [1.82, 2.24) is 9.62 Å². The Kier molecular flexibility index (Phi) is 8.25. The molecule has 31 heavy (non-hydrogen) atoms. The maximum Gasteiger partial charge on any atom is 0.306 e. The van der Waals surface area contributed by atoms with Gasteiger partial charge in [0.15, 0.2) is 6.61 Å². The molecule has 0 saturated carbocycles. The van der Waals surface area contributed by atoms with Gasteiger partial charge in [-0.25, -0.2) is 8.42 Å². The lowest BCUT2D eigenvalue weighted by Gasteiger charge is -2.20. The third-order valence-corrected chi connectivity index (χ3v) is 7.06. The van der Waals surface area contributed by atoms with Gasteiger partial charge in [0, 0.05) is 19.5 Å². The van der Waals surface area contributed by atoms with E-state index in [1.54, 1.807) is 40.7 Å². The fraction of sp³-hybridized carbons (Fsp3) is 0.455. The van der Waals surface area contributed by atoms with Crippen molar-refractivity contribution in [1.29, 1.82) is 0 Å². The van der Waals surface area contributed by atoms with Crippen molar-refractivity contribution in [3.05, 3.63) is 54.0 Å². The van der Waals surface area contributed by atoms with E-state index in [4.69, 9.17) is 9.15 Å². The van der Waals surface area contributed by atoms with Crippen molar-refractivity contribution in [2.45, 2.75) is 50.0 Å². The Hall–Kier alpha value is -2.65. The summed E-state index contributed by atoms with van der Waals surface area (Å²) in [7, 11) is -3.48. The molecular formula is C22H28N2O6S. The predicted molar refractivity (Wildman–Crippen MR) is 114 cm³/mol. The SMILES string of the molecule is O=C(COC(=O)CCc1ccc(S(=O)(=O)N2CCCCCC2)cc1)NCc1ccco1. The highest BCUT2D eigenvalue weighted by atomic mass is 32.2. The van der Waals surface area contributed by atoms with E-state index >= 15 is 0 Å². The minimum Gasteiger partial charge on any atom is -0.467 e. The van der Waals surface area contributed by atoms with Crippen LogP contribution in [-0.2, 0) is 37.3 Å². The zero-order valence-electron chi connectivity index (χ0n) is 17.4. The largest absolute Gasteiger partial charge is 0.467 e. The number of furan rings is 1. The molecule has 1 fully saturated rings. The second-order valence-electron chi connectivity index (χ2n) is 7.48. The zero-order chi connectivity index (χ0) is 22.1. The van der Waals surface area contributed by atoms with Gasteiger partial charge in [-0.2, -0.15) is 4.31 Å². The molecule has 3 rings (SSSR count). The number of nitrogens with one attached hydrogen (secondary N) is 1. The Morgan fingerprint density at radius 3 is 2.39 bits per heavy atom. The number of nitrogens with zero attached hydrogens (tertiary/aromatic N) is 1. The van der Waals surface area contributed by atoms with Gasteiger partial charge in [-0.1, -0.05) is 25.0 Å². The first-order valence-corrected chi connectivity index (χ1v) is 11.9. The Morgan fingerprint density at radius 1 is 1.03 bits per heavy atom. The lowest BCUT2D eigenvalue weighted by Crippen LogP contribution is -2.31. The van der Waals surface area contributed by atoms with Gasteiger partial charge in [0.1, 0.15) is 5.76 Å². The lowest BCUT2D eigenvalue weighted by molar-refractivity contribution is -0.148. The number of hydrogen-bond donors (Lipinski definition) is 1. The molecular weight excluding hydrogens is 420 g/mol. The van der Waals surface area contributed by atoms with Crippen LogP contribution >= 0.6 is 0 Å². The summed E-state index contributed by atoms with van der Waals surface area (Å²) in [6.45, 7) is 0.999. The fourth-order valence-electron chi connectivity index (χ4n) is 3.37. The molecule has 1 aliphatic rings. The Balaban J connectivity index is 1.42. The molecule has 2 heterocycles. The number of benzene rings is 1. The van der Waals surface area contributed by atoms with Crippen molar-refractivity contribution in [2.24, 2.45) is 0 Å². The molecule has 0 bridgehead atoms. The number of carbonyl (C=O) groups excluding carboxylic acids is 2. The van der Waals surface area contributed by atoms with Crippen molar-refractivity contribution in [2.75, 3.05) is 19.7 Å². The van der Waals surface area contributed by atoms with E-state index < -0.39 is 21.9 Å². The Bertz CT molecular complexity index is 946. The van der Waals surface area contributed by atoms with E-state index in [0.717, 1.165) is 31.2 Å². The number of carbonyl (C=O) groups is 2. The van der Waals surface area contributed by atoms with Gasteiger partial charge in [-0.15, -0.1) is 0 Å². The third kappa shape index (κ3) is 6.93.